The Labute approximate surface area is 116 Å². The van der Waals surface area contributed by atoms with Crippen LogP contribution in [0.1, 0.15) is 21.5 Å². The fourth-order valence-corrected chi connectivity index (χ4v) is 2.01. The summed E-state index contributed by atoms with van der Waals surface area (Å²) < 4.78 is 0. The summed E-state index contributed by atoms with van der Waals surface area (Å²) in [5.74, 6) is -0.953. The van der Waals surface area contributed by atoms with Gasteiger partial charge in [-0.2, -0.15) is 0 Å². The smallest absolute Gasteiger partial charge is 0.337 e. The summed E-state index contributed by atoms with van der Waals surface area (Å²) in [6, 6.07) is 10.8. The van der Waals surface area contributed by atoms with Crippen molar-refractivity contribution in [3.8, 4) is 0 Å². The molecule has 0 fully saturated rings. The molecule has 0 aliphatic rings. The first-order valence-corrected chi connectivity index (χ1v) is 6.23. The van der Waals surface area contributed by atoms with Crippen LogP contribution in [0.15, 0.2) is 36.4 Å². The third kappa shape index (κ3) is 2.88. The van der Waals surface area contributed by atoms with Gasteiger partial charge in [-0.05, 0) is 43.7 Å². The van der Waals surface area contributed by atoms with Crippen LogP contribution in [0.4, 0.5) is 11.4 Å². The molecular formula is C15H14ClNO2. The lowest BCUT2D eigenvalue weighted by molar-refractivity contribution is 0.0698. The summed E-state index contributed by atoms with van der Waals surface area (Å²) in [6.45, 7) is 3.75. The van der Waals surface area contributed by atoms with E-state index in [9.17, 15) is 9.90 Å². The van der Waals surface area contributed by atoms with Gasteiger partial charge in [-0.25, -0.2) is 4.79 Å². The van der Waals surface area contributed by atoms with Crippen LogP contribution in [0.5, 0.6) is 0 Å². The maximum atomic E-state index is 11.2. The van der Waals surface area contributed by atoms with Crippen molar-refractivity contribution in [2.75, 3.05) is 5.32 Å². The number of anilines is 2. The molecule has 2 rings (SSSR count). The quantitative estimate of drug-likeness (QED) is 0.873. The van der Waals surface area contributed by atoms with E-state index < -0.39 is 5.97 Å². The molecule has 0 heterocycles. The van der Waals surface area contributed by atoms with Crippen molar-refractivity contribution in [2.45, 2.75) is 13.8 Å². The van der Waals surface area contributed by atoms with Crippen LogP contribution in [0.25, 0.3) is 0 Å². The standard InChI is InChI=1S/C15H14ClNO2/c1-9-6-7-14(11(8-9)15(18)19)17-13-5-3-4-12(16)10(13)2/h3-8,17H,1-2H3,(H,18,19). The zero-order chi connectivity index (χ0) is 14.0. The topological polar surface area (TPSA) is 49.3 Å². The van der Waals surface area contributed by atoms with E-state index in [1.54, 1.807) is 18.2 Å². The number of carboxylic acids is 1. The molecule has 2 N–H and O–H groups in total. The molecule has 0 aliphatic carbocycles. The minimum Gasteiger partial charge on any atom is -0.478 e. The SMILES string of the molecule is Cc1ccc(Nc2cccc(Cl)c2C)c(C(=O)O)c1. The van der Waals surface area contributed by atoms with Gasteiger partial charge in [0.15, 0.2) is 0 Å². The van der Waals surface area contributed by atoms with Crippen LogP contribution < -0.4 is 5.32 Å². The van der Waals surface area contributed by atoms with Gasteiger partial charge in [-0.3, -0.25) is 0 Å². The number of aromatic carboxylic acids is 1. The van der Waals surface area contributed by atoms with Crippen molar-refractivity contribution in [2.24, 2.45) is 0 Å². The molecular weight excluding hydrogens is 262 g/mol. The molecule has 0 unspecified atom stereocenters. The Bertz CT molecular complexity index is 638. The summed E-state index contributed by atoms with van der Waals surface area (Å²) in [5, 5.41) is 13.0. The van der Waals surface area contributed by atoms with E-state index in [0.29, 0.717) is 10.7 Å². The fraction of sp³-hybridized carbons (Fsp3) is 0.133. The lowest BCUT2D eigenvalue weighted by Crippen LogP contribution is -2.04. The number of carbonyl (C=O) groups is 1. The summed E-state index contributed by atoms with van der Waals surface area (Å²) in [4.78, 5) is 11.2. The highest BCUT2D eigenvalue weighted by Gasteiger charge is 2.11. The van der Waals surface area contributed by atoms with Gasteiger partial charge >= 0.3 is 5.97 Å². The molecule has 0 saturated carbocycles. The maximum absolute atomic E-state index is 11.2. The van der Waals surface area contributed by atoms with Crippen LogP contribution in [-0.4, -0.2) is 11.1 Å². The average Bonchev–Trinajstić information content (AvgIpc) is 2.36. The summed E-state index contributed by atoms with van der Waals surface area (Å²) in [7, 11) is 0. The van der Waals surface area contributed by atoms with E-state index in [-0.39, 0.29) is 5.56 Å². The van der Waals surface area contributed by atoms with Crippen molar-refractivity contribution >= 4 is 28.9 Å². The molecule has 0 saturated heterocycles. The Morgan fingerprint density at radius 3 is 2.58 bits per heavy atom. The molecule has 98 valence electrons. The summed E-state index contributed by atoms with van der Waals surface area (Å²) in [6.07, 6.45) is 0. The molecule has 0 bridgehead atoms. The summed E-state index contributed by atoms with van der Waals surface area (Å²) >= 11 is 6.05. The molecule has 0 spiro atoms. The van der Waals surface area contributed by atoms with E-state index in [4.69, 9.17) is 11.6 Å². The van der Waals surface area contributed by atoms with Crippen molar-refractivity contribution in [1.29, 1.82) is 0 Å². The van der Waals surface area contributed by atoms with Gasteiger partial charge in [0.05, 0.1) is 11.3 Å². The van der Waals surface area contributed by atoms with Crippen molar-refractivity contribution < 1.29 is 9.90 Å². The Morgan fingerprint density at radius 2 is 1.89 bits per heavy atom. The number of aryl methyl sites for hydroxylation is 1. The van der Waals surface area contributed by atoms with Gasteiger partial charge in [0.2, 0.25) is 0 Å². The number of hydrogen-bond acceptors (Lipinski definition) is 2. The third-order valence-corrected chi connectivity index (χ3v) is 3.35. The molecule has 0 aliphatic heterocycles. The average molecular weight is 276 g/mol. The molecule has 2 aromatic carbocycles. The zero-order valence-electron chi connectivity index (χ0n) is 10.7. The van der Waals surface area contributed by atoms with Crippen LogP contribution in [-0.2, 0) is 0 Å². The van der Waals surface area contributed by atoms with Crippen LogP contribution >= 0.6 is 11.6 Å². The van der Waals surface area contributed by atoms with E-state index in [0.717, 1.165) is 16.8 Å². The molecule has 0 amide bonds. The molecule has 0 atom stereocenters. The first-order chi connectivity index (χ1) is 8.99. The zero-order valence-corrected chi connectivity index (χ0v) is 11.5. The van der Waals surface area contributed by atoms with Crippen LogP contribution in [0.3, 0.4) is 0 Å². The van der Waals surface area contributed by atoms with Gasteiger partial charge in [-0.1, -0.05) is 29.3 Å². The highest BCUT2D eigenvalue weighted by atomic mass is 35.5. The Kier molecular flexibility index (Phi) is 3.76. The van der Waals surface area contributed by atoms with Crippen molar-refractivity contribution in [1.82, 2.24) is 0 Å². The monoisotopic (exact) mass is 275 g/mol. The molecule has 0 radical (unpaired) electrons. The highest BCUT2D eigenvalue weighted by molar-refractivity contribution is 6.31. The number of carboxylic acid groups (broad SMARTS) is 1. The predicted molar refractivity (Wildman–Crippen MR) is 77.6 cm³/mol. The van der Waals surface area contributed by atoms with Gasteiger partial charge in [0, 0.05) is 10.7 Å². The Hall–Kier alpha value is -2.00. The second-order valence-electron chi connectivity index (χ2n) is 4.39. The fourth-order valence-electron chi connectivity index (χ4n) is 1.83. The van der Waals surface area contributed by atoms with E-state index in [2.05, 4.69) is 5.32 Å². The number of nitrogens with one attached hydrogen (secondary N) is 1. The second-order valence-corrected chi connectivity index (χ2v) is 4.80. The van der Waals surface area contributed by atoms with E-state index in [1.807, 2.05) is 32.0 Å². The number of rotatable bonds is 3. The molecule has 0 aromatic heterocycles. The Morgan fingerprint density at radius 1 is 1.16 bits per heavy atom. The number of halogens is 1. The van der Waals surface area contributed by atoms with Crippen LogP contribution in [0.2, 0.25) is 5.02 Å². The lowest BCUT2D eigenvalue weighted by Gasteiger charge is -2.13. The lowest BCUT2D eigenvalue weighted by atomic mass is 10.1. The highest BCUT2D eigenvalue weighted by Crippen LogP contribution is 2.28. The van der Waals surface area contributed by atoms with E-state index in [1.165, 1.54) is 0 Å². The number of benzene rings is 2. The minimum absolute atomic E-state index is 0.249. The first kappa shape index (κ1) is 13.4. The third-order valence-electron chi connectivity index (χ3n) is 2.94. The van der Waals surface area contributed by atoms with Crippen molar-refractivity contribution in [3.63, 3.8) is 0 Å². The first-order valence-electron chi connectivity index (χ1n) is 5.85. The molecule has 19 heavy (non-hydrogen) atoms. The van der Waals surface area contributed by atoms with Gasteiger partial charge in [-0.15, -0.1) is 0 Å². The number of hydrogen-bond donors (Lipinski definition) is 2. The normalized spacial score (nSPS) is 10.3. The van der Waals surface area contributed by atoms with Crippen molar-refractivity contribution in [3.05, 3.63) is 58.1 Å². The van der Waals surface area contributed by atoms with Gasteiger partial charge < -0.3 is 10.4 Å². The largest absolute Gasteiger partial charge is 0.478 e. The predicted octanol–water partition coefficient (Wildman–Crippen LogP) is 4.40. The van der Waals surface area contributed by atoms with Crippen LogP contribution in [0, 0.1) is 13.8 Å². The molecule has 3 nitrogen and oxygen atoms in total. The maximum Gasteiger partial charge on any atom is 0.337 e. The second kappa shape index (κ2) is 5.33. The van der Waals surface area contributed by atoms with Gasteiger partial charge in [0.25, 0.3) is 0 Å². The Balaban J connectivity index is 2.44. The molecule has 4 heteroatoms. The summed E-state index contributed by atoms with van der Waals surface area (Å²) in [5.41, 5.74) is 3.41. The van der Waals surface area contributed by atoms with E-state index >= 15 is 0 Å². The van der Waals surface area contributed by atoms with Gasteiger partial charge in [0.1, 0.15) is 0 Å². The molecule has 2 aromatic rings. The minimum atomic E-state index is -0.953.